The van der Waals surface area contributed by atoms with Crippen LogP contribution in [0.25, 0.3) is 0 Å². The molecular weight excluding hydrogens is 317 g/mol. The number of pyridine rings is 1. The van der Waals surface area contributed by atoms with Crippen molar-refractivity contribution in [3.63, 3.8) is 0 Å². The fourth-order valence-corrected chi connectivity index (χ4v) is 2.12. The standard InChI is InChI=1S/C11H12ClF3N2O2S/c1-5-7(10(19)17-6(2)8(5)12)9(18)16-3-4-20-11(13,14)15/h3-4H2,1-2H3,(H,16,18)(H,17,19). The quantitative estimate of drug-likeness (QED) is 0.835. The number of aryl methyl sites for hydroxylation is 1. The highest BCUT2D eigenvalue weighted by Crippen LogP contribution is 2.29. The molecule has 1 amide bonds. The molecule has 0 aliphatic heterocycles. The van der Waals surface area contributed by atoms with Crippen molar-refractivity contribution in [2.75, 3.05) is 12.3 Å². The number of hydrogen-bond acceptors (Lipinski definition) is 3. The average molecular weight is 329 g/mol. The fourth-order valence-electron chi connectivity index (χ4n) is 1.54. The van der Waals surface area contributed by atoms with Gasteiger partial charge in [-0.05, 0) is 31.2 Å². The van der Waals surface area contributed by atoms with Gasteiger partial charge in [0.2, 0.25) is 0 Å². The molecule has 1 aromatic rings. The van der Waals surface area contributed by atoms with Gasteiger partial charge >= 0.3 is 5.51 Å². The third kappa shape index (κ3) is 4.45. The lowest BCUT2D eigenvalue weighted by molar-refractivity contribution is -0.0327. The largest absolute Gasteiger partial charge is 0.441 e. The van der Waals surface area contributed by atoms with E-state index in [1.165, 1.54) is 6.92 Å². The maximum atomic E-state index is 11.9. The summed E-state index contributed by atoms with van der Waals surface area (Å²) in [5, 5.41) is 2.51. The highest BCUT2D eigenvalue weighted by Gasteiger charge is 2.27. The van der Waals surface area contributed by atoms with Gasteiger partial charge in [0, 0.05) is 18.0 Å². The Morgan fingerprint density at radius 3 is 2.55 bits per heavy atom. The first-order chi connectivity index (χ1) is 9.13. The highest BCUT2D eigenvalue weighted by molar-refractivity contribution is 8.00. The van der Waals surface area contributed by atoms with Gasteiger partial charge in [0.25, 0.3) is 11.5 Å². The number of aromatic amines is 1. The predicted octanol–water partition coefficient (Wildman–Crippen LogP) is 2.63. The van der Waals surface area contributed by atoms with E-state index < -0.39 is 17.0 Å². The maximum Gasteiger partial charge on any atom is 0.441 e. The van der Waals surface area contributed by atoms with Crippen LogP contribution >= 0.6 is 23.4 Å². The smallest absolute Gasteiger partial charge is 0.351 e. The van der Waals surface area contributed by atoms with Crippen molar-refractivity contribution in [1.82, 2.24) is 10.3 Å². The van der Waals surface area contributed by atoms with Gasteiger partial charge in [-0.25, -0.2) is 0 Å². The summed E-state index contributed by atoms with van der Waals surface area (Å²) in [7, 11) is 0. The number of halogens is 4. The molecule has 0 aromatic carbocycles. The molecule has 0 radical (unpaired) electrons. The Labute approximate surface area is 122 Å². The average Bonchev–Trinajstić information content (AvgIpc) is 2.31. The summed E-state index contributed by atoms with van der Waals surface area (Å²) in [6.07, 6.45) is 0. The van der Waals surface area contributed by atoms with E-state index in [0.29, 0.717) is 11.3 Å². The van der Waals surface area contributed by atoms with Gasteiger partial charge in [0.1, 0.15) is 5.56 Å². The topological polar surface area (TPSA) is 62.0 Å². The van der Waals surface area contributed by atoms with Gasteiger partial charge in [-0.3, -0.25) is 9.59 Å². The third-order valence-electron chi connectivity index (χ3n) is 2.44. The van der Waals surface area contributed by atoms with E-state index in [2.05, 4.69) is 10.3 Å². The third-order valence-corrected chi connectivity index (χ3v) is 3.74. The molecule has 1 heterocycles. The first-order valence-corrected chi connectivity index (χ1v) is 6.87. The van der Waals surface area contributed by atoms with E-state index in [9.17, 15) is 22.8 Å². The van der Waals surface area contributed by atoms with Crippen LogP contribution in [0.4, 0.5) is 13.2 Å². The molecule has 1 aromatic heterocycles. The molecule has 20 heavy (non-hydrogen) atoms. The van der Waals surface area contributed by atoms with Crippen LogP contribution in [0.2, 0.25) is 5.02 Å². The molecule has 0 fully saturated rings. The van der Waals surface area contributed by atoms with Crippen molar-refractivity contribution in [3.05, 3.63) is 32.2 Å². The molecule has 0 atom stereocenters. The van der Waals surface area contributed by atoms with Crippen molar-refractivity contribution < 1.29 is 18.0 Å². The summed E-state index contributed by atoms with van der Waals surface area (Å²) in [5.41, 5.74) is -4.42. The first-order valence-electron chi connectivity index (χ1n) is 5.51. The van der Waals surface area contributed by atoms with E-state index in [4.69, 9.17) is 11.6 Å². The zero-order chi connectivity index (χ0) is 15.5. The van der Waals surface area contributed by atoms with E-state index in [1.54, 1.807) is 6.92 Å². The van der Waals surface area contributed by atoms with Crippen LogP contribution in [0.3, 0.4) is 0 Å². The van der Waals surface area contributed by atoms with E-state index in [1.807, 2.05) is 0 Å². The molecule has 1 rings (SSSR count). The SMILES string of the molecule is Cc1[nH]c(=O)c(C(=O)NCCSC(F)(F)F)c(C)c1Cl. The van der Waals surface area contributed by atoms with Crippen LogP contribution < -0.4 is 10.9 Å². The lowest BCUT2D eigenvalue weighted by atomic mass is 10.1. The van der Waals surface area contributed by atoms with Crippen molar-refractivity contribution in [2.45, 2.75) is 19.4 Å². The molecule has 0 spiro atoms. The summed E-state index contributed by atoms with van der Waals surface area (Å²) >= 11 is 5.68. The lowest BCUT2D eigenvalue weighted by Gasteiger charge is -2.10. The van der Waals surface area contributed by atoms with Crippen LogP contribution in [0, 0.1) is 13.8 Å². The van der Waals surface area contributed by atoms with Crippen molar-refractivity contribution in [2.24, 2.45) is 0 Å². The molecule has 0 saturated carbocycles. The fraction of sp³-hybridized carbons (Fsp3) is 0.455. The number of carbonyl (C=O) groups excluding carboxylic acids is 1. The maximum absolute atomic E-state index is 11.9. The minimum atomic E-state index is -4.34. The van der Waals surface area contributed by atoms with E-state index in [-0.39, 0.29) is 34.6 Å². The lowest BCUT2D eigenvalue weighted by Crippen LogP contribution is -2.33. The Bertz CT molecular complexity index is 572. The van der Waals surface area contributed by atoms with Gasteiger partial charge < -0.3 is 10.3 Å². The molecule has 0 aliphatic rings. The number of thioether (sulfide) groups is 1. The van der Waals surface area contributed by atoms with Gasteiger partial charge in [0.05, 0.1) is 5.02 Å². The Hall–Kier alpha value is -1.15. The molecule has 2 N–H and O–H groups in total. The molecule has 0 saturated heterocycles. The van der Waals surface area contributed by atoms with Crippen molar-refractivity contribution >= 4 is 29.3 Å². The molecule has 0 unspecified atom stereocenters. The molecule has 4 nitrogen and oxygen atoms in total. The Morgan fingerprint density at radius 1 is 1.40 bits per heavy atom. The highest BCUT2D eigenvalue weighted by atomic mass is 35.5. The summed E-state index contributed by atoms with van der Waals surface area (Å²) in [6.45, 7) is 2.88. The zero-order valence-electron chi connectivity index (χ0n) is 10.7. The summed E-state index contributed by atoms with van der Waals surface area (Å²) in [5.74, 6) is -1.07. The van der Waals surface area contributed by atoms with Gasteiger partial charge in [-0.15, -0.1) is 0 Å². The van der Waals surface area contributed by atoms with Gasteiger partial charge in [-0.1, -0.05) is 11.6 Å². The van der Waals surface area contributed by atoms with E-state index in [0.717, 1.165) is 0 Å². The van der Waals surface area contributed by atoms with Gasteiger partial charge in [0.15, 0.2) is 0 Å². The minimum Gasteiger partial charge on any atom is -0.351 e. The number of alkyl halides is 3. The molecule has 112 valence electrons. The number of hydrogen-bond donors (Lipinski definition) is 2. The monoisotopic (exact) mass is 328 g/mol. The van der Waals surface area contributed by atoms with Crippen LogP contribution in [-0.4, -0.2) is 28.7 Å². The Morgan fingerprint density at radius 2 is 2.00 bits per heavy atom. The number of H-pyrrole nitrogens is 1. The van der Waals surface area contributed by atoms with Crippen LogP contribution in [0.5, 0.6) is 0 Å². The van der Waals surface area contributed by atoms with Crippen LogP contribution in [-0.2, 0) is 0 Å². The second-order valence-corrected chi connectivity index (χ2v) is 5.48. The zero-order valence-corrected chi connectivity index (χ0v) is 12.2. The number of rotatable bonds is 4. The van der Waals surface area contributed by atoms with Crippen molar-refractivity contribution in [3.8, 4) is 0 Å². The molecule has 0 aliphatic carbocycles. The number of carbonyl (C=O) groups is 1. The first kappa shape index (κ1) is 16.9. The van der Waals surface area contributed by atoms with Crippen LogP contribution in [0.1, 0.15) is 21.6 Å². The van der Waals surface area contributed by atoms with Crippen LogP contribution in [0.15, 0.2) is 4.79 Å². The van der Waals surface area contributed by atoms with Crippen molar-refractivity contribution in [1.29, 1.82) is 0 Å². The normalized spacial score (nSPS) is 11.5. The molecule has 0 bridgehead atoms. The Kier molecular flexibility index (Phi) is 5.52. The minimum absolute atomic E-state index is 0.183. The number of amides is 1. The molecule has 9 heteroatoms. The molecular formula is C11H12ClF3N2O2S. The predicted molar refractivity (Wildman–Crippen MR) is 72.4 cm³/mol. The van der Waals surface area contributed by atoms with Gasteiger partial charge in [-0.2, -0.15) is 13.2 Å². The second kappa shape index (κ2) is 6.53. The van der Waals surface area contributed by atoms with E-state index >= 15 is 0 Å². The summed E-state index contributed by atoms with van der Waals surface area (Å²) in [6, 6.07) is 0. The Balaban J connectivity index is 2.75. The second-order valence-electron chi connectivity index (χ2n) is 3.94. The number of aromatic nitrogens is 1. The summed E-state index contributed by atoms with van der Waals surface area (Å²) in [4.78, 5) is 25.9. The number of nitrogens with one attached hydrogen (secondary N) is 2. The summed E-state index contributed by atoms with van der Waals surface area (Å²) < 4.78 is 35.7.